The van der Waals surface area contributed by atoms with Crippen LogP contribution in [0.5, 0.6) is 0 Å². The number of rotatable bonds is 8. The zero-order valence-electron chi connectivity index (χ0n) is 19.7. The van der Waals surface area contributed by atoms with Gasteiger partial charge >= 0.3 is 0 Å². The number of piperazine rings is 1. The Balaban J connectivity index is 1.30. The molecule has 2 atom stereocenters. The number of likely N-dealkylation sites (N-methyl/N-ethyl adjacent to an activating group) is 1. The Labute approximate surface area is 184 Å². The van der Waals surface area contributed by atoms with E-state index in [0.717, 1.165) is 58.1 Å². The first-order valence-electron chi connectivity index (χ1n) is 12.3. The average molecular weight is 424 g/mol. The van der Waals surface area contributed by atoms with E-state index in [2.05, 4.69) is 38.9 Å². The summed E-state index contributed by atoms with van der Waals surface area (Å²) in [6.07, 6.45) is 6.47. The van der Waals surface area contributed by atoms with Gasteiger partial charge in [-0.1, -0.05) is 13.8 Å². The number of nitrogens with one attached hydrogen (secondary N) is 1. The molecule has 3 fully saturated rings. The summed E-state index contributed by atoms with van der Waals surface area (Å²) in [5, 5.41) is 3.62. The lowest BCUT2D eigenvalue weighted by Crippen LogP contribution is -2.50. The minimum absolute atomic E-state index is 0.317. The first-order valence-corrected chi connectivity index (χ1v) is 12.3. The van der Waals surface area contributed by atoms with Crippen molar-refractivity contribution >= 4 is 5.96 Å². The van der Waals surface area contributed by atoms with Gasteiger partial charge in [0.05, 0.1) is 18.8 Å². The molecule has 0 radical (unpaired) electrons. The summed E-state index contributed by atoms with van der Waals surface area (Å²) in [7, 11) is 1.90. The zero-order valence-corrected chi connectivity index (χ0v) is 19.7. The smallest absolute Gasteiger partial charge is 0.193 e. The summed E-state index contributed by atoms with van der Waals surface area (Å²) in [4.78, 5) is 12.1. The van der Waals surface area contributed by atoms with Crippen LogP contribution in [0, 0.1) is 5.92 Å². The quantitative estimate of drug-likeness (QED) is 0.475. The molecule has 30 heavy (non-hydrogen) atoms. The normalized spacial score (nSPS) is 26.7. The second-order valence-electron chi connectivity index (χ2n) is 9.28. The van der Waals surface area contributed by atoms with E-state index in [9.17, 15) is 0 Å². The predicted molar refractivity (Wildman–Crippen MR) is 123 cm³/mol. The summed E-state index contributed by atoms with van der Waals surface area (Å²) < 4.78 is 12.0. The van der Waals surface area contributed by atoms with Crippen molar-refractivity contribution in [2.75, 3.05) is 79.2 Å². The highest BCUT2D eigenvalue weighted by Gasteiger charge is 2.24. The minimum atomic E-state index is 0.317. The van der Waals surface area contributed by atoms with Crippen LogP contribution in [0.3, 0.4) is 0 Å². The van der Waals surface area contributed by atoms with E-state index >= 15 is 0 Å². The Kier molecular flexibility index (Phi) is 10.2. The van der Waals surface area contributed by atoms with E-state index in [1.807, 2.05) is 7.05 Å². The van der Waals surface area contributed by atoms with Gasteiger partial charge in [-0.2, -0.15) is 0 Å². The number of nitrogens with zero attached hydrogens (tertiary/aromatic N) is 4. The SMILES string of the molecule is CCN1CCN(CC(C)CNC(=NC)N2CCC(OCC3CCCCO3)CC2)CC1. The molecule has 3 aliphatic heterocycles. The maximum atomic E-state index is 6.16. The number of piperidine rings is 1. The number of likely N-dealkylation sites (tertiary alicyclic amines) is 1. The molecule has 7 nitrogen and oxygen atoms in total. The molecular weight excluding hydrogens is 378 g/mol. The summed E-state index contributed by atoms with van der Waals surface area (Å²) in [5.74, 6) is 1.66. The highest BCUT2D eigenvalue weighted by molar-refractivity contribution is 5.79. The van der Waals surface area contributed by atoms with Crippen LogP contribution in [0.2, 0.25) is 0 Å². The second-order valence-corrected chi connectivity index (χ2v) is 9.28. The summed E-state index contributed by atoms with van der Waals surface area (Å²) >= 11 is 0. The van der Waals surface area contributed by atoms with E-state index in [1.165, 1.54) is 52.1 Å². The molecule has 0 amide bonds. The van der Waals surface area contributed by atoms with Gasteiger partial charge in [0.1, 0.15) is 0 Å². The van der Waals surface area contributed by atoms with Crippen LogP contribution in [0.1, 0.15) is 46.0 Å². The fourth-order valence-corrected chi connectivity index (χ4v) is 4.81. The van der Waals surface area contributed by atoms with E-state index in [0.29, 0.717) is 18.1 Å². The van der Waals surface area contributed by atoms with Gasteiger partial charge < -0.3 is 29.5 Å². The zero-order chi connectivity index (χ0) is 21.2. The van der Waals surface area contributed by atoms with Crippen molar-refractivity contribution in [3.63, 3.8) is 0 Å². The van der Waals surface area contributed by atoms with Gasteiger partial charge in [-0.3, -0.25) is 4.99 Å². The van der Waals surface area contributed by atoms with Crippen molar-refractivity contribution in [3.05, 3.63) is 0 Å². The highest BCUT2D eigenvalue weighted by Crippen LogP contribution is 2.18. The lowest BCUT2D eigenvalue weighted by Gasteiger charge is -2.36. The van der Waals surface area contributed by atoms with Crippen LogP contribution in [-0.2, 0) is 9.47 Å². The Morgan fingerprint density at radius 2 is 1.80 bits per heavy atom. The lowest BCUT2D eigenvalue weighted by atomic mass is 10.1. The molecule has 7 heteroatoms. The summed E-state index contributed by atoms with van der Waals surface area (Å²) in [6.45, 7) is 16.5. The number of hydrogen-bond acceptors (Lipinski definition) is 5. The van der Waals surface area contributed by atoms with Gasteiger partial charge in [0, 0.05) is 66.0 Å². The maximum absolute atomic E-state index is 6.16. The standard InChI is InChI=1S/C23H45N5O2/c1-4-26-12-14-27(15-13-26)18-20(2)17-25-23(24-3)28-10-8-21(9-11-28)30-19-22-7-5-6-16-29-22/h20-22H,4-19H2,1-3H3,(H,24,25). The first-order chi connectivity index (χ1) is 14.7. The summed E-state index contributed by atoms with van der Waals surface area (Å²) in [5.41, 5.74) is 0. The predicted octanol–water partition coefficient (Wildman–Crippen LogP) is 1.89. The molecule has 1 N–H and O–H groups in total. The largest absolute Gasteiger partial charge is 0.376 e. The Morgan fingerprint density at radius 3 is 2.43 bits per heavy atom. The third-order valence-electron chi connectivity index (χ3n) is 6.84. The lowest BCUT2D eigenvalue weighted by molar-refractivity contribution is -0.0721. The third kappa shape index (κ3) is 7.66. The van der Waals surface area contributed by atoms with Crippen molar-refractivity contribution in [1.29, 1.82) is 0 Å². The number of ether oxygens (including phenoxy) is 2. The van der Waals surface area contributed by atoms with Crippen molar-refractivity contribution in [3.8, 4) is 0 Å². The second kappa shape index (κ2) is 12.8. The molecule has 0 bridgehead atoms. The molecule has 0 saturated carbocycles. The van der Waals surface area contributed by atoms with Crippen molar-refractivity contribution in [2.45, 2.75) is 58.2 Å². The van der Waals surface area contributed by atoms with Crippen LogP contribution < -0.4 is 5.32 Å². The molecule has 3 rings (SSSR count). The average Bonchev–Trinajstić information content (AvgIpc) is 2.80. The molecule has 2 unspecified atom stereocenters. The van der Waals surface area contributed by atoms with E-state index < -0.39 is 0 Å². The third-order valence-corrected chi connectivity index (χ3v) is 6.84. The minimum Gasteiger partial charge on any atom is -0.376 e. The Hall–Kier alpha value is -0.890. The topological polar surface area (TPSA) is 52.6 Å². The monoisotopic (exact) mass is 423 g/mol. The van der Waals surface area contributed by atoms with Gasteiger partial charge in [-0.15, -0.1) is 0 Å². The van der Waals surface area contributed by atoms with Crippen molar-refractivity contribution < 1.29 is 9.47 Å². The van der Waals surface area contributed by atoms with Crippen molar-refractivity contribution in [1.82, 2.24) is 20.0 Å². The van der Waals surface area contributed by atoms with Crippen LogP contribution in [-0.4, -0.2) is 112 Å². The molecule has 0 aromatic heterocycles. The van der Waals surface area contributed by atoms with E-state index in [-0.39, 0.29) is 0 Å². The molecular formula is C23H45N5O2. The van der Waals surface area contributed by atoms with Gasteiger partial charge in [-0.05, 0) is 44.6 Å². The molecule has 0 aromatic rings. The molecule has 174 valence electrons. The van der Waals surface area contributed by atoms with E-state index in [4.69, 9.17) is 9.47 Å². The van der Waals surface area contributed by atoms with E-state index in [1.54, 1.807) is 0 Å². The first kappa shape index (κ1) is 23.8. The molecule has 0 aromatic carbocycles. The fourth-order valence-electron chi connectivity index (χ4n) is 4.81. The molecule has 3 saturated heterocycles. The van der Waals surface area contributed by atoms with Gasteiger partial charge in [-0.25, -0.2) is 0 Å². The molecule has 0 aliphatic carbocycles. The fraction of sp³-hybridized carbons (Fsp3) is 0.957. The summed E-state index contributed by atoms with van der Waals surface area (Å²) in [6, 6.07) is 0. The van der Waals surface area contributed by atoms with Gasteiger partial charge in [0.15, 0.2) is 5.96 Å². The molecule has 0 spiro atoms. The van der Waals surface area contributed by atoms with Gasteiger partial charge in [0.2, 0.25) is 0 Å². The number of guanidine groups is 1. The number of hydrogen-bond donors (Lipinski definition) is 1. The Bertz CT molecular complexity index is 496. The maximum Gasteiger partial charge on any atom is 0.193 e. The molecule has 3 heterocycles. The van der Waals surface area contributed by atoms with Crippen LogP contribution in [0.15, 0.2) is 4.99 Å². The van der Waals surface area contributed by atoms with Crippen molar-refractivity contribution in [2.24, 2.45) is 10.9 Å². The van der Waals surface area contributed by atoms with Crippen LogP contribution in [0.25, 0.3) is 0 Å². The van der Waals surface area contributed by atoms with Gasteiger partial charge in [0.25, 0.3) is 0 Å². The molecule has 3 aliphatic rings. The van der Waals surface area contributed by atoms with Crippen LogP contribution >= 0.6 is 0 Å². The van der Waals surface area contributed by atoms with Crippen LogP contribution in [0.4, 0.5) is 0 Å². The Morgan fingerprint density at radius 1 is 1.07 bits per heavy atom. The number of aliphatic imine (C=N–C) groups is 1. The highest BCUT2D eigenvalue weighted by atomic mass is 16.5.